The van der Waals surface area contributed by atoms with E-state index in [1.165, 1.54) is 0 Å². The van der Waals surface area contributed by atoms with Crippen molar-refractivity contribution in [1.82, 2.24) is 21.3 Å². The van der Waals surface area contributed by atoms with E-state index >= 15 is 0 Å². The van der Waals surface area contributed by atoms with Crippen LogP contribution in [-0.4, -0.2) is 25.7 Å². The number of urea groups is 2. The summed E-state index contributed by atoms with van der Waals surface area (Å²) in [6, 6.07) is 7.29. The van der Waals surface area contributed by atoms with Crippen molar-refractivity contribution < 1.29 is 9.59 Å². The normalized spacial score (nSPS) is 9.58. The van der Waals surface area contributed by atoms with Gasteiger partial charge in [-0.1, -0.05) is 24.3 Å². The SMILES string of the molecule is CCNC(=O)NCc1cccc(CNC(=O)NC)c1. The summed E-state index contributed by atoms with van der Waals surface area (Å²) in [6.07, 6.45) is 0. The van der Waals surface area contributed by atoms with E-state index in [1.54, 1.807) is 7.05 Å². The lowest BCUT2D eigenvalue weighted by atomic mass is 10.1. The van der Waals surface area contributed by atoms with Gasteiger partial charge in [-0.25, -0.2) is 9.59 Å². The minimum atomic E-state index is -0.217. The number of carbonyl (C=O) groups is 2. The molecule has 0 heterocycles. The molecule has 19 heavy (non-hydrogen) atoms. The Morgan fingerprint density at radius 3 is 2.11 bits per heavy atom. The first-order chi connectivity index (χ1) is 9.15. The van der Waals surface area contributed by atoms with E-state index in [9.17, 15) is 9.59 Å². The lowest BCUT2D eigenvalue weighted by Gasteiger charge is -2.08. The lowest BCUT2D eigenvalue weighted by Crippen LogP contribution is -2.34. The van der Waals surface area contributed by atoms with Gasteiger partial charge in [0.2, 0.25) is 0 Å². The molecule has 0 saturated carbocycles. The molecule has 0 unspecified atom stereocenters. The first kappa shape index (κ1) is 14.8. The highest BCUT2D eigenvalue weighted by molar-refractivity contribution is 5.74. The second kappa shape index (κ2) is 7.97. The van der Waals surface area contributed by atoms with Crippen molar-refractivity contribution in [2.75, 3.05) is 13.6 Å². The van der Waals surface area contributed by atoms with Crippen LogP contribution in [0.1, 0.15) is 18.1 Å². The Morgan fingerprint density at radius 1 is 1.00 bits per heavy atom. The average molecular weight is 264 g/mol. The first-order valence-corrected chi connectivity index (χ1v) is 6.20. The van der Waals surface area contributed by atoms with Gasteiger partial charge in [0, 0.05) is 26.7 Å². The Bertz CT molecular complexity index is 434. The molecule has 6 heteroatoms. The Labute approximate surface area is 113 Å². The van der Waals surface area contributed by atoms with Crippen molar-refractivity contribution in [2.24, 2.45) is 0 Å². The third-order valence-corrected chi connectivity index (χ3v) is 2.46. The van der Waals surface area contributed by atoms with Crippen molar-refractivity contribution in [3.05, 3.63) is 35.4 Å². The van der Waals surface area contributed by atoms with Gasteiger partial charge < -0.3 is 21.3 Å². The Hall–Kier alpha value is -2.24. The van der Waals surface area contributed by atoms with Crippen LogP contribution < -0.4 is 21.3 Å². The van der Waals surface area contributed by atoms with E-state index in [2.05, 4.69) is 21.3 Å². The summed E-state index contributed by atoms with van der Waals surface area (Å²) in [5.41, 5.74) is 1.97. The Kier molecular flexibility index (Phi) is 6.21. The summed E-state index contributed by atoms with van der Waals surface area (Å²) >= 11 is 0. The van der Waals surface area contributed by atoms with E-state index in [0.717, 1.165) is 11.1 Å². The van der Waals surface area contributed by atoms with Gasteiger partial charge in [0.15, 0.2) is 0 Å². The van der Waals surface area contributed by atoms with Crippen LogP contribution in [0.15, 0.2) is 24.3 Å². The van der Waals surface area contributed by atoms with Crippen LogP contribution >= 0.6 is 0 Å². The highest BCUT2D eigenvalue weighted by atomic mass is 16.2. The molecular weight excluding hydrogens is 244 g/mol. The molecule has 4 N–H and O–H groups in total. The maximum absolute atomic E-state index is 11.3. The summed E-state index contributed by atoms with van der Waals surface area (Å²) < 4.78 is 0. The highest BCUT2D eigenvalue weighted by Crippen LogP contribution is 2.04. The molecule has 1 aromatic carbocycles. The van der Waals surface area contributed by atoms with Crippen LogP contribution in [0.25, 0.3) is 0 Å². The van der Waals surface area contributed by atoms with Crippen LogP contribution in [0.4, 0.5) is 9.59 Å². The molecular formula is C13H20N4O2. The van der Waals surface area contributed by atoms with Crippen molar-refractivity contribution in [2.45, 2.75) is 20.0 Å². The van der Waals surface area contributed by atoms with E-state index in [-0.39, 0.29) is 12.1 Å². The number of carbonyl (C=O) groups excluding carboxylic acids is 2. The molecule has 0 aliphatic rings. The van der Waals surface area contributed by atoms with Crippen LogP contribution in [0.3, 0.4) is 0 Å². The fourth-order valence-corrected chi connectivity index (χ4v) is 1.53. The molecule has 0 radical (unpaired) electrons. The summed E-state index contributed by atoms with van der Waals surface area (Å²) in [6.45, 7) is 3.38. The van der Waals surface area contributed by atoms with E-state index in [0.29, 0.717) is 19.6 Å². The second-order valence-electron chi connectivity index (χ2n) is 3.97. The van der Waals surface area contributed by atoms with E-state index < -0.39 is 0 Å². The number of rotatable bonds is 5. The maximum atomic E-state index is 11.3. The Morgan fingerprint density at radius 2 is 1.58 bits per heavy atom. The van der Waals surface area contributed by atoms with Gasteiger partial charge >= 0.3 is 12.1 Å². The van der Waals surface area contributed by atoms with Gasteiger partial charge in [0.1, 0.15) is 0 Å². The molecule has 0 fully saturated rings. The highest BCUT2D eigenvalue weighted by Gasteiger charge is 2.01. The van der Waals surface area contributed by atoms with Gasteiger partial charge in [-0.05, 0) is 18.1 Å². The fourth-order valence-electron chi connectivity index (χ4n) is 1.53. The predicted octanol–water partition coefficient (Wildman–Crippen LogP) is 0.935. The zero-order valence-corrected chi connectivity index (χ0v) is 11.2. The molecule has 0 bridgehead atoms. The molecule has 4 amide bonds. The van der Waals surface area contributed by atoms with Crippen LogP contribution in [0, 0.1) is 0 Å². The van der Waals surface area contributed by atoms with E-state index in [1.807, 2.05) is 31.2 Å². The van der Waals surface area contributed by atoms with Crippen molar-refractivity contribution in [3.8, 4) is 0 Å². The first-order valence-electron chi connectivity index (χ1n) is 6.20. The third kappa shape index (κ3) is 5.76. The summed E-state index contributed by atoms with van der Waals surface area (Å²) in [5, 5.41) is 10.6. The third-order valence-electron chi connectivity index (χ3n) is 2.46. The zero-order chi connectivity index (χ0) is 14.1. The molecule has 0 aliphatic carbocycles. The largest absolute Gasteiger partial charge is 0.341 e. The molecule has 0 atom stereocenters. The number of hydrogen-bond donors (Lipinski definition) is 4. The molecule has 1 rings (SSSR count). The summed E-state index contributed by atoms with van der Waals surface area (Å²) in [7, 11) is 1.57. The molecule has 0 aliphatic heterocycles. The fraction of sp³-hybridized carbons (Fsp3) is 0.385. The number of nitrogens with one attached hydrogen (secondary N) is 4. The number of hydrogen-bond acceptors (Lipinski definition) is 2. The van der Waals surface area contributed by atoms with Gasteiger partial charge in [0.05, 0.1) is 0 Å². The summed E-state index contributed by atoms with van der Waals surface area (Å²) in [4.78, 5) is 22.3. The van der Waals surface area contributed by atoms with Gasteiger partial charge in [-0.3, -0.25) is 0 Å². The summed E-state index contributed by atoms with van der Waals surface area (Å²) in [5.74, 6) is 0. The predicted molar refractivity (Wildman–Crippen MR) is 73.6 cm³/mol. The van der Waals surface area contributed by atoms with Gasteiger partial charge in [0.25, 0.3) is 0 Å². The smallest absolute Gasteiger partial charge is 0.315 e. The van der Waals surface area contributed by atoms with Crippen LogP contribution in [0.2, 0.25) is 0 Å². The molecule has 0 aromatic heterocycles. The van der Waals surface area contributed by atoms with Gasteiger partial charge in [-0.15, -0.1) is 0 Å². The molecule has 0 saturated heterocycles. The Balaban J connectivity index is 2.47. The molecule has 0 spiro atoms. The standard InChI is InChI=1S/C13H20N4O2/c1-3-15-13(19)17-9-11-6-4-5-10(7-11)8-16-12(18)14-2/h4-7H,3,8-9H2,1-2H3,(H2,14,16,18)(H2,15,17,19). The zero-order valence-electron chi connectivity index (χ0n) is 11.2. The number of benzene rings is 1. The van der Waals surface area contributed by atoms with Crippen LogP contribution in [-0.2, 0) is 13.1 Å². The van der Waals surface area contributed by atoms with Crippen LogP contribution in [0.5, 0.6) is 0 Å². The monoisotopic (exact) mass is 264 g/mol. The molecule has 6 nitrogen and oxygen atoms in total. The van der Waals surface area contributed by atoms with E-state index in [4.69, 9.17) is 0 Å². The molecule has 1 aromatic rings. The maximum Gasteiger partial charge on any atom is 0.315 e. The van der Waals surface area contributed by atoms with Crippen molar-refractivity contribution >= 4 is 12.1 Å². The topological polar surface area (TPSA) is 82.3 Å². The quantitative estimate of drug-likeness (QED) is 0.638. The second-order valence-corrected chi connectivity index (χ2v) is 3.97. The minimum Gasteiger partial charge on any atom is -0.341 e. The number of amides is 4. The van der Waals surface area contributed by atoms with Crippen molar-refractivity contribution in [1.29, 1.82) is 0 Å². The average Bonchev–Trinajstić information content (AvgIpc) is 2.43. The molecule has 104 valence electrons. The van der Waals surface area contributed by atoms with Crippen molar-refractivity contribution in [3.63, 3.8) is 0 Å². The minimum absolute atomic E-state index is 0.184. The van der Waals surface area contributed by atoms with Gasteiger partial charge in [-0.2, -0.15) is 0 Å². The lowest BCUT2D eigenvalue weighted by molar-refractivity contribution is 0.241.